The lowest BCUT2D eigenvalue weighted by molar-refractivity contribution is 0.0938. The molecule has 0 bridgehead atoms. The molecule has 0 fully saturated rings. The number of rotatable bonds is 11. The molecule has 0 radical (unpaired) electrons. The highest BCUT2D eigenvalue weighted by Crippen LogP contribution is 2.24. The van der Waals surface area contributed by atoms with Crippen LogP contribution in [0.4, 0.5) is 0 Å². The summed E-state index contributed by atoms with van der Waals surface area (Å²) in [5, 5.41) is 3.10. The zero-order chi connectivity index (χ0) is 22.8. The number of carbonyl (C=O) groups is 1. The van der Waals surface area contributed by atoms with E-state index in [0.29, 0.717) is 18.8 Å². The molecule has 0 aliphatic carbocycles. The minimum Gasteiger partial charge on any atom is -0.497 e. The van der Waals surface area contributed by atoms with Gasteiger partial charge < -0.3 is 19.5 Å². The van der Waals surface area contributed by atoms with Crippen LogP contribution in [-0.2, 0) is 13.0 Å². The van der Waals surface area contributed by atoms with Crippen LogP contribution in [0.2, 0.25) is 0 Å². The first-order valence-electron chi connectivity index (χ1n) is 11.0. The summed E-state index contributed by atoms with van der Waals surface area (Å²) in [5.41, 5.74) is 2.69. The van der Waals surface area contributed by atoms with E-state index in [1.54, 1.807) is 13.2 Å². The van der Waals surface area contributed by atoms with Crippen LogP contribution in [0.15, 0.2) is 72.8 Å². The van der Waals surface area contributed by atoms with Crippen molar-refractivity contribution in [2.75, 3.05) is 13.7 Å². The van der Waals surface area contributed by atoms with Gasteiger partial charge in [-0.15, -0.1) is 0 Å². The largest absolute Gasteiger partial charge is 0.497 e. The van der Waals surface area contributed by atoms with Crippen LogP contribution in [0, 0.1) is 0 Å². The number of methoxy groups -OCH3 is 1. The lowest BCUT2D eigenvalue weighted by atomic mass is 10.1. The molecule has 0 unspecified atom stereocenters. The molecule has 5 nitrogen and oxygen atoms in total. The van der Waals surface area contributed by atoms with Gasteiger partial charge in [-0.25, -0.2) is 0 Å². The second kappa shape index (κ2) is 11.8. The predicted octanol–water partition coefficient (Wildman–Crippen LogP) is 5.42. The van der Waals surface area contributed by atoms with Crippen molar-refractivity contribution < 1.29 is 19.0 Å². The van der Waals surface area contributed by atoms with Crippen molar-refractivity contribution in [1.82, 2.24) is 5.32 Å². The number of nitrogens with one attached hydrogen (secondary N) is 1. The minimum absolute atomic E-state index is 0.0632. The zero-order valence-corrected chi connectivity index (χ0v) is 19.0. The molecule has 32 heavy (non-hydrogen) atoms. The summed E-state index contributed by atoms with van der Waals surface area (Å²) in [6, 6.07) is 23.2. The molecule has 3 rings (SSSR count). The molecule has 0 spiro atoms. The van der Waals surface area contributed by atoms with E-state index >= 15 is 0 Å². The van der Waals surface area contributed by atoms with Gasteiger partial charge in [-0.3, -0.25) is 4.79 Å². The summed E-state index contributed by atoms with van der Waals surface area (Å²) < 4.78 is 16.8. The highest BCUT2D eigenvalue weighted by Gasteiger charge is 2.14. The van der Waals surface area contributed by atoms with E-state index in [4.69, 9.17) is 14.2 Å². The molecular formula is C27H31NO4. The van der Waals surface area contributed by atoms with Gasteiger partial charge >= 0.3 is 0 Å². The summed E-state index contributed by atoms with van der Waals surface area (Å²) in [4.78, 5) is 12.8. The lowest BCUT2D eigenvalue weighted by Crippen LogP contribution is -2.33. The Hall–Kier alpha value is -3.47. The van der Waals surface area contributed by atoms with E-state index in [0.717, 1.165) is 35.7 Å². The SMILES string of the molecule is CCOc1ccc(C(=O)N[C@H](C)CCc2ccccc2)cc1COc1ccc(OC)cc1. The van der Waals surface area contributed by atoms with Gasteiger partial charge in [0.1, 0.15) is 23.9 Å². The van der Waals surface area contributed by atoms with Crippen molar-refractivity contribution in [3.8, 4) is 17.2 Å². The minimum atomic E-state index is -0.0979. The average molecular weight is 434 g/mol. The molecule has 0 heterocycles. The van der Waals surface area contributed by atoms with Crippen molar-refractivity contribution in [3.63, 3.8) is 0 Å². The van der Waals surface area contributed by atoms with E-state index in [-0.39, 0.29) is 11.9 Å². The summed E-state index contributed by atoms with van der Waals surface area (Å²) in [5.74, 6) is 2.11. The number of hydrogen-bond acceptors (Lipinski definition) is 4. The molecule has 1 amide bonds. The Bertz CT molecular complexity index is 986. The maximum atomic E-state index is 12.8. The molecular weight excluding hydrogens is 402 g/mol. The molecule has 1 atom stereocenters. The third-order valence-corrected chi connectivity index (χ3v) is 5.16. The predicted molar refractivity (Wildman–Crippen MR) is 127 cm³/mol. The van der Waals surface area contributed by atoms with Gasteiger partial charge in [0.2, 0.25) is 0 Å². The van der Waals surface area contributed by atoms with Crippen LogP contribution in [0.5, 0.6) is 17.2 Å². The summed E-state index contributed by atoms with van der Waals surface area (Å²) >= 11 is 0. The fourth-order valence-corrected chi connectivity index (χ4v) is 3.37. The molecule has 0 aliphatic heterocycles. The maximum Gasteiger partial charge on any atom is 0.251 e. The topological polar surface area (TPSA) is 56.8 Å². The number of aryl methyl sites for hydroxylation is 1. The smallest absolute Gasteiger partial charge is 0.251 e. The number of amides is 1. The normalized spacial score (nSPS) is 11.5. The second-order valence-corrected chi connectivity index (χ2v) is 7.62. The van der Waals surface area contributed by atoms with E-state index < -0.39 is 0 Å². The van der Waals surface area contributed by atoms with Crippen LogP contribution in [-0.4, -0.2) is 25.7 Å². The van der Waals surface area contributed by atoms with Crippen LogP contribution in [0.3, 0.4) is 0 Å². The molecule has 0 aromatic heterocycles. The molecule has 168 valence electrons. The van der Waals surface area contributed by atoms with Crippen molar-refractivity contribution in [1.29, 1.82) is 0 Å². The highest BCUT2D eigenvalue weighted by atomic mass is 16.5. The van der Waals surface area contributed by atoms with Gasteiger partial charge in [-0.2, -0.15) is 0 Å². The van der Waals surface area contributed by atoms with E-state index in [2.05, 4.69) is 17.4 Å². The molecule has 3 aromatic rings. The fourth-order valence-electron chi connectivity index (χ4n) is 3.37. The Kier molecular flexibility index (Phi) is 8.55. The van der Waals surface area contributed by atoms with Gasteiger partial charge in [0.25, 0.3) is 5.91 Å². The van der Waals surface area contributed by atoms with Crippen LogP contribution >= 0.6 is 0 Å². The Morgan fingerprint density at radius 3 is 2.34 bits per heavy atom. The van der Waals surface area contributed by atoms with E-state index in [1.165, 1.54) is 5.56 Å². The summed E-state index contributed by atoms with van der Waals surface area (Å²) in [6.07, 6.45) is 1.80. The quantitative estimate of drug-likeness (QED) is 0.438. The van der Waals surface area contributed by atoms with E-state index in [9.17, 15) is 4.79 Å². The fraction of sp³-hybridized carbons (Fsp3) is 0.296. The molecule has 5 heteroatoms. The highest BCUT2D eigenvalue weighted by molar-refractivity contribution is 5.94. The van der Waals surface area contributed by atoms with Crippen LogP contribution in [0.25, 0.3) is 0 Å². The first-order chi connectivity index (χ1) is 15.6. The second-order valence-electron chi connectivity index (χ2n) is 7.62. The van der Waals surface area contributed by atoms with Crippen LogP contribution < -0.4 is 19.5 Å². The van der Waals surface area contributed by atoms with Gasteiger partial charge in [-0.05, 0) is 74.7 Å². The number of hydrogen-bond donors (Lipinski definition) is 1. The molecule has 0 saturated heterocycles. The molecule has 1 N–H and O–H groups in total. The van der Waals surface area contributed by atoms with E-state index in [1.807, 2.05) is 68.4 Å². The Labute approximate surface area is 190 Å². The van der Waals surface area contributed by atoms with Crippen molar-refractivity contribution in [2.24, 2.45) is 0 Å². The number of carbonyl (C=O) groups excluding carboxylic acids is 1. The zero-order valence-electron chi connectivity index (χ0n) is 19.0. The Morgan fingerprint density at radius 1 is 0.938 bits per heavy atom. The monoisotopic (exact) mass is 433 g/mol. The number of benzene rings is 3. The molecule has 0 aliphatic rings. The first kappa shape index (κ1) is 23.2. The van der Waals surface area contributed by atoms with Gasteiger partial charge in [0.15, 0.2) is 0 Å². The first-order valence-corrected chi connectivity index (χ1v) is 11.0. The van der Waals surface area contributed by atoms with Crippen LogP contribution in [0.1, 0.15) is 41.8 Å². The molecule has 0 saturated carbocycles. The number of ether oxygens (including phenoxy) is 3. The third kappa shape index (κ3) is 6.77. The summed E-state index contributed by atoms with van der Waals surface area (Å²) in [7, 11) is 1.63. The lowest BCUT2D eigenvalue weighted by Gasteiger charge is -2.16. The van der Waals surface area contributed by atoms with Gasteiger partial charge in [0.05, 0.1) is 13.7 Å². The van der Waals surface area contributed by atoms with Crippen molar-refractivity contribution in [2.45, 2.75) is 39.3 Å². The maximum absolute atomic E-state index is 12.8. The standard InChI is InChI=1S/C27H31NO4/c1-4-31-26-17-12-22(18-23(26)19-32-25-15-13-24(30-3)14-16-25)27(29)28-20(2)10-11-21-8-6-5-7-9-21/h5-9,12-18,20H,4,10-11,19H2,1-3H3,(H,28,29)/t20-/m1/s1. The van der Waals surface area contributed by atoms with Crippen molar-refractivity contribution in [3.05, 3.63) is 89.5 Å². The van der Waals surface area contributed by atoms with Crippen molar-refractivity contribution >= 4 is 5.91 Å². The Balaban J connectivity index is 1.63. The Morgan fingerprint density at radius 2 is 1.66 bits per heavy atom. The van der Waals surface area contributed by atoms with Gasteiger partial charge in [-0.1, -0.05) is 30.3 Å². The summed E-state index contributed by atoms with van der Waals surface area (Å²) in [6.45, 7) is 4.80. The third-order valence-electron chi connectivity index (χ3n) is 5.16. The molecule has 3 aromatic carbocycles. The van der Waals surface area contributed by atoms with Gasteiger partial charge in [0, 0.05) is 17.2 Å². The average Bonchev–Trinajstić information content (AvgIpc) is 2.83.